The van der Waals surface area contributed by atoms with Crippen LogP contribution in [0.4, 0.5) is 0 Å². The van der Waals surface area contributed by atoms with Gasteiger partial charge >= 0.3 is 5.97 Å². The molecule has 1 aromatic carbocycles. The maximum absolute atomic E-state index is 10.7. The number of benzene rings is 1. The van der Waals surface area contributed by atoms with Crippen molar-refractivity contribution in [2.45, 2.75) is 18.9 Å². The fourth-order valence-corrected chi connectivity index (χ4v) is 2.39. The number of likely N-dealkylation sites (N-methyl/N-ethyl adjacent to an activating group) is 1. The van der Waals surface area contributed by atoms with E-state index in [1.807, 2.05) is 7.05 Å². The van der Waals surface area contributed by atoms with E-state index in [-0.39, 0.29) is 11.7 Å². The van der Waals surface area contributed by atoms with Crippen molar-refractivity contribution in [3.8, 4) is 5.75 Å². The van der Waals surface area contributed by atoms with Crippen LogP contribution in [0.3, 0.4) is 0 Å². The molecule has 0 aliphatic heterocycles. The third-order valence-corrected chi connectivity index (χ3v) is 3.62. The zero-order valence-electron chi connectivity index (χ0n) is 11.7. The standard InChI is InChI=1S/C15H21NO4/c1-16(10-11-8-13(17)9-11)6-7-20-14-4-2-12(3-5-14)15(18)19/h2-5,11,13,17H,6-10H2,1H3,(H,18,19). The van der Waals surface area contributed by atoms with Crippen molar-refractivity contribution in [2.24, 2.45) is 5.92 Å². The average molecular weight is 279 g/mol. The molecule has 0 aromatic heterocycles. The molecule has 2 rings (SSSR count). The van der Waals surface area contributed by atoms with Crippen LogP contribution < -0.4 is 4.74 Å². The number of carboxylic acid groups (broad SMARTS) is 1. The van der Waals surface area contributed by atoms with Crippen LogP contribution in [0.1, 0.15) is 23.2 Å². The minimum absolute atomic E-state index is 0.0996. The Morgan fingerprint density at radius 1 is 1.35 bits per heavy atom. The van der Waals surface area contributed by atoms with Gasteiger partial charge in [0.25, 0.3) is 0 Å². The first-order valence-electron chi connectivity index (χ1n) is 6.87. The zero-order valence-corrected chi connectivity index (χ0v) is 11.7. The van der Waals surface area contributed by atoms with Crippen LogP contribution in [-0.2, 0) is 0 Å². The van der Waals surface area contributed by atoms with Gasteiger partial charge in [0.1, 0.15) is 12.4 Å². The van der Waals surface area contributed by atoms with Gasteiger partial charge < -0.3 is 19.8 Å². The quantitative estimate of drug-likeness (QED) is 0.791. The fourth-order valence-electron chi connectivity index (χ4n) is 2.39. The molecule has 0 saturated heterocycles. The lowest BCUT2D eigenvalue weighted by Gasteiger charge is -2.34. The number of hydrogen-bond acceptors (Lipinski definition) is 4. The highest BCUT2D eigenvalue weighted by Crippen LogP contribution is 2.27. The maximum atomic E-state index is 10.7. The van der Waals surface area contributed by atoms with Gasteiger partial charge in [0, 0.05) is 13.1 Å². The molecule has 5 heteroatoms. The maximum Gasteiger partial charge on any atom is 0.335 e. The van der Waals surface area contributed by atoms with E-state index >= 15 is 0 Å². The molecule has 1 fully saturated rings. The van der Waals surface area contributed by atoms with Gasteiger partial charge in [-0.1, -0.05) is 0 Å². The summed E-state index contributed by atoms with van der Waals surface area (Å²) in [5, 5.41) is 18.0. The van der Waals surface area contributed by atoms with E-state index in [0.717, 1.165) is 25.9 Å². The van der Waals surface area contributed by atoms with Crippen molar-refractivity contribution in [3.05, 3.63) is 29.8 Å². The fraction of sp³-hybridized carbons (Fsp3) is 0.533. The Kier molecular flexibility index (Phi) is 4.98. The normalized spacial score (nSPS) is 21.6. The lowest BCUT2D eigenvalue weighted by Crippen LogP contribution is -2.38. The number of rotatable bonds is 7. The number of carboxylic acids is 1. The highest BCUT2D eigenvalue weighted by Gasteiger charge is 2.27. The van der Waals surface area contributed by atoms with Gasteiger partial charge in [0.2, 0.25) is 0 Å². The molecular formula is C15H21NO4. The Morgan fingerprint density at radius 2 is 2.00 bits per heavy atom. The molecule has 1 aliphatic carbocycles. The van der Waals surface area contributed by atoms with Crippen LogP contribution >= 0.6 is 0 Å². The summed E-state index contributed by atoms with van der Waals surface area (Å²) in [5.74, 6) is 0.353. The molecule has 0 spiro atoms. The largest absolute Gasteiger partial charge is 0.492 e. The van der Waals surface area contributed by atoms with Crippen LogP contribution in [0.25, 0.3) is 0 Å². The number of nitrogens with zero attached hydrogens (tertiary/aromatic N) is 1. The average Bonchev–Trinajstić information content (AvgIpc) is 2.37. The minimum Gasteiger partial charge on any atom is -0.492 e. The second-order valence-electron chi connectivity index (χ2n) is 5.43. The predicted molar refractivity (Wildman–Crippen MR) is 75.1 cm³/mol. The SMILES string of the molecule is CN(CCOc1ccc(C(=O)O)cc1)CC1CC(O)C1. The summed E-state index contributed by atoms with van der Waals surface area (Å²) in [7, 11) is 2.04. The molecule has 0 heterocycles. The van der Waals surface area contributed by atoms with Gasteiger partial charge in [0.15, 0.2) is 0 Å². The van der Waals surface area contributed by atoms with Crippen LogP contribution in [0, 0.1) is 5.92 Å². The Labute approximate surface area is 118 Å². The summed E-state index contributed by atoms with van der Waals surface area (Å²) in [6.07, 6.45) is 1.71. The van der Waals surface area contributed by atoms with Crippen LogP contribution in [0.15, 0.2) is 24.3 Å². The third kappa shape index (κ3) is 4.21. The van der Waals surface area contributed by atoms with E-state index < -0.39 is 5.97 Å². The predicted octanol–water partition coefficient (Wildman–Crippen LogP) is 1.47. The highest BCUT2D eigenvalue weighted by atomic mass is 16.5. The van der Waals surface area contributed by atoms with Gasteiger partial charge in [-0.3, -0.25) is 0 Å². The van der Waals surface area contributed by atoms with Gasteiger partial charge in [-0.2, -0.15) is 0 Å². The molecule has 110 valence electrons. The van der Waals surface area contributed by atoms with Crippen molar-refractivity contribution in [3.63, 3.8) is 0 Å². The van der Waals surface area contributed by atoms with Gasteiger partial charge in [-0.15, -0.1) is 0 Å². The van der Waals surface area contributed by atoms with Crippen molar-refractivity contribution in [1.29, 1.82) is 0 Å². The molecule has 0 atom stereocenters. The molecule has 0 radical (unpaired) electrons. The van der Waals surface area contributed by atoms with E-state index in [1.54, 1.807) is 12.1 Å². The molecule has 0 bridgehead atoms. The number of aliphatic hydroxyl groups is 1. The van der Waals surface area contributed by atoms with Crippen molar-refractivity contribution in [1.82, 2.24) is 4.90 Å². The van der Waals surface area contributed by atoms with Crippen molar-refractivity contribution in [2.75, 3.05) is 26.7 Å². The Balaban J connectivity index is 1.66. The molecule has 2 N–H and O–H groups in total. The summed E-state index contributed by atoms with van der Waals surface area (Å²) in [6.45, 7) is 2.36. The van der Waals surface area contributed by atoms with E-state index in [1.165, 1.54) is 12.1 Å². The summed E-state index contributed by atoms with van der Waals surface area (Å²) in [6, 6.07) is 6.42. The topological polar surface area (TPSA) is 70.0 Å². The molecule has 1 aliphatic rings. The van der Waals surface area contributed by atoms with E-state index in [2.05, 4.69) is 4.90 Å². The van der Waals surface area contributed by atoms with Gasteiger partial charge in [-0.25, -0.2) is 4.79 Å². The number of aromatic carboxylic acids is 1. The number of aliphatic hydroxyl groups excluding tert-OH is 1. The lowest BCUT2D eigenvalue weighted by molar-refractivity contribution is 0.0269. The monoisotopic (exact) mass is 279 g/mol. The van der Waals surface area contributed by atoms with Crippen LogP contribution in [-0.4, -0.2) is 53.9 Å². The highest BCUT2D eigenvalue weighted by molar-refractivity contribution is 5.87. The first-order chi connectivity index (χ1) is 9.54. The zero-order chi connectivity index (χ0) is 14.5. The van der Waals surface area contributed by atoms with Crippen molar-refractivity contribution >= 4 is 5.97 Å². The second-order valence-corrected chi connectivity index (χ2v) is 5.43. The molecular weight excluding hydrogens is 258 g/mol. The van der Waals surface area contributed by atoms with E-state index in [9.17, 15) is 9.90 Å². The molecule has 0 unspecified atom stereocenters. The number of carbonyl (C=O) groups is 1. The molecule has 5 nitrogen and oxygen atoms in total. The van der Waals surface area contributed by atoms with Gasteiger partial charge in [0.05, 0.1) is 11.7 Å². The summed E-state index contributed by atoms with van der Waals surface area (Å²) >= 11 is 0. The first kappa shape index (κ1) is 14.8. The summed E-state index contributed by atoms with van der Waals surface area (Å²) < 4.78 is 5.58. The molecule has 20 heavy (non-hydrogen) atoms. The summed E-state index contributed by atoms with van der Waals surface area (Å²) in [5.41, 5.74) is 0.262. The number of ether oxygens (including phenoxy) is 1. The molecule has 1 saturated carbocycles. The molecule has 1 aromatic rings. The van der Waals surface area contributed by atoms with Crippen LogP contribution in [0.2, 0.25) is 0 Å². The minimum atomic E-state index is -0.932. The van der Waals surface area contributed by atoms with E-state index in [4.69, 9.17) is 9.84 Å². The lowest BCUT2D eigenvalue weighted by atomic mass is 9.82. The Bertz CT molecular complexity index is 440. The smallest absolute Gasteiger partial charge is 0.335 e. The van der Waals surface area contributed by atoms with E-state index in [0.29, 0.717) is 18.3 Å². The van der Waals surface area contributed by atoms with Gasteiger partial charge in [-0.05, 0) is 50.1 Å². The summed E-state index contributed by atoms with van der Waals surface area (Å²) in [4.78, 5) is 12.9. The second kappa shape index (κ2) is 6.72. The van der Waals surface area contributed by atoms with Crippen LogP contribution in [0.5, 0.6) is 5.75 Å². The number of hydrogen-bond donors (Lipinski definition) is 2. The Hall–Kier alpha value is -1.59. The van der Waals surface area contributed by atoms with Crippen molar-refractivity contribution < 1.29 is 19.7 Å². The third-order valence-electron chi connectivity index (χ3n) is 3.62. The first-order valence-corrected chi connectivity index (χ1v) is 6.87. The Morgan fingerprint density at radius 3 is 2.55 bits per heavy atom. The molecule has 0 amide bonds.